The molecule has 2 unspecified atom stereocenters. The van der Waals surface area contributed by atoms with Crippen molar-refractivity contribution in [1.29, 1.82) is 0 Å². The molecule has 2 atom stereocenters. The second-order valence-electron chi connectivity index (χ2n) is 5.24. The molecule has 114 valence electrons. The van der Waals surface area contributed by atoms with Gasteiger partial charge in [-0.25, -0.2) is 0 Å². The lowest BCUT2D eigenvalue weighted by Gasteiger charge is -2.20. The zero-order valence-electron chi connectivity index (χ0n) is 12.5. The Morgan fingerprint density at radius 1 is 1.19 bits per heavy atom. The van der Waals surface area contributed by atoms with Crippen molar-refractivity contribution < 1.29 is 14.4 Å². The number of nitrogens with one attached hydrogen (secondary N) is 2. The standard InChI is InChI=1S/C15H21N3O3/c1-10(2)13(9-19)18-15(21)11(3)17-14(20)8-12-4-6-16-7-5-12/h4-7,9-11,13H,8H2,1-3H3,(H,17,20)(H,18,21). The molecule has 6 nitrogen and oxygen atoms in total. The van der Waals surface area contributed by atoms with Crippen molar-refractivity contribution >= 4 is 18.1 Å². The minimum absolute atomic E-state index is 0.00571. The molecule has 0 aliphatic heterocycles. The van der Waals surface area contributed by atoms with Crippen LogP contribution in [0.3, 0.4) is 0 Å². The Morgan fingerprint density at radius 2 is 1.81 bits per heavy atom. The average molecular weight is 291 g/mol. The third-order valence-electron chi connectivity index (χ3n) is 3.06. The van der Waals surface area contributed by atoms with Crippen LogP contribution in [0.1, 0.15) is 26.3 Å². The van der Waals surface area contributed by atoms with E-state index < -0.39 is 12.1 Å². The van der Waals surface area contributed by atoms with Crippen molar-refractivity contribution in [3.05, 3.63) is 30.1 Å². The fourth-order valence-corrected chi connectivity index (χ4v) is 1.69. The molecule has 0 saturated heterocycles. The van der Waals surface area contributed by atoms with E-state index in [9.17, 15) is 14.4 Å². The molecule has 1 aromatic rings. The first-order chi connectivity index (χ1) is 9.93. The molecule has 1 rings (SSSR count). The average Bonchev–Trinajstić information content (AvgIpc) is 2.44. The zero-order chi connectivity index (χ0) is 15.8. The summed E-state index contributed by atoms with van der Waals surface area (Å²) in [7, 11) is 0. The van der Waals surface area contributed by atoms with Gasteiger partial charge < -0.3 is 15.4 Å². The predicted molar refractivity (Wildman–Crippen MR) is 78.4 cm³/mol. The van der Waals surface area contributed by atoms with Crippen molar-refractivity contribution in [3.8, 4) is 0 Å². The number of aromatic nitrogens is 1. The van der Waals surface area contributed by atoms with Gasteiger partial charge in [0.05, 0.1) is 12.5 Å². The maximum absolute atomic E-state index is 11.9. The summed E-state index contributed by atoms with van der Waals surface area (Å²) in [5.41, 5.74) is 0.822. The maximum Gasteiger partial charge on any atom is 0.242 e. The Labute approximate surface area is 124 Å². The highest BCUT2D eigenvalue weighted by molar-refractivity contribution is 5.89. The monoisotopic (exact) mass is 291 g/mol. The number of nitrogens with zero attached hydrogens (tertiary/aromatic N) is 1. The first kappa shape index (κ1) is 16.8. The molecule has 0 fully saturated rings. The van der Waals surface area contributed by atoms with Gasteiger partial charge in [0.2, 0.25) is 11.8 Å². The van der Waals surface area contributed by atoms with E-state index in [0.29, 0.717) is 6.29 Å². The summed E-state index contributed by atoms with van der Waals surface area (Å²) in [5.74, 6) is -0.619. The number of rotatable bonds is 7. The van der Waals surface area contributed by atoms with Gasteiger partial charge in [-0.1, -0.05) is 13.8 Å². The third kappa shape index (κ3) is 5.72. The predicted octanol–water partition coefficient (Wildman–Crippen LogP) is 0.468. The molecule has 0 radical (unpaired) electrons. The van der Waals surface area contributed by atoms with Crippen LogP contribution in [0.4, 0.5) is 0 Å². The van der Waals surface area contributed by atoms with Crippen LogP contribution in [-0.4, -0.2) is 35.2 Å². The van der Waals surface area contributed by atoms with Crippen molar-refractivity contribution in [2.45, 2.75) is 39.3 Å². The van der Waals surface area contributed by atoms with Crippen molar-refractivity contribution in [2.24, 2.45) is 5.92 Å². The van der Waals surface area contributed by atoms with Crippen molar-refractivity contribution in [1.82, 2.24) is 15.6 Å². The summed E-state index contributed by atoms with van der Waals surface area (Å²) < 4.78 is 0. The van der Waals surface area contributed by atoms with Gasteiger partial charge in [0, 0.05) is 12.4 Å². The summed E-state index contributed by atoms with van der Waals surface area (Å²) in [6.45, 7) is 5.26. The molecule has 21 heavy (non-hydrogen) atoms. The van der Waals surface area contributed by atoms with Crippen molar-refractivity contribution in [2.75, 3.05) is 0 Å². The molecule has 0 spiro atoms. The number of carbonyl (C=O) groups is 3. The smallest absolute Gasteiger partial charge is 0.242 e. The van der Waals surface area contributed by atoms with Gasteiger partial charge in [-0.3, -0.25) is 14.6 Å². The van der Waals surface area contributed by atoms with Gasteiger partial charge in [0.15, 0.2) is 0 Å². The number of carbonyl (C=O) groups excluding carboxylic acids is 3. The van der Waals surface area contributed by atoms with Crippen LogP contribution in [0.5, 0.6) is 0 Å². The summed E-state index contributed by atoms with van der Waals surface area (Å²) in [6, 6.07) is 2.24. The van der Waals surface area contributed by atoms with E-state index >= 15 is 0 Å². The van der Waals surface area contributed by atoms with Crippen LogP contribution in [-0.2, 0) is 20.8 Å². The van der Waals surface area contributed by atoms with E-state index in [1.165, 1.54) is 0 Å². The Kier molecular flexibility index (Phi) is 6.52. The van der Waals surface area contributed by atoms with Crippen molar-refractivity contribution in [3.63, 3.8) is 0 Å². The second-order valence-corrected chi connectivity index (χ2v) is 5.24. The van der Waals surface area contributed by atoms with Crippen LogP contribution in [0.15, 0.2) is 24.5 Å². The summed E-state index contributed by atoms with van der Waals surface area (Å²) in [6.07, 6.45) is 4.10. The summed E-state index contributed by atoms with van der Waals surface area (Å²) in [5, 5.41) is 5.21. The highest BCUT2D eigenvalue weighted by Crippen LogP contribution is 2.00. The van der Waals surface area contributed by atoms with Crippen LogP contribution < -0.4 is 10.6 Å². The highest BCUT2D eigenvalue weighted by Gasteiger charge is 2.20. The summed E-state index contributed by atoms with van der Waals surface area (Å²) >= 11 is 0. The van der Waals surface area contributed by atoms with E-state index in [0.717, 1.165) is 5.56 Å². The number of hydrogen-bond acceptors (Lipinski definition) is 4. The lowest BCUT2D eigenvalue weighted by atomic mass is 10.1. The molecule has 1 aromatic heterocycles. The fraction of sp³-hybridized carbons (Fsp3) is 0.467. The molecule has 0 aliphatic carbocycles. The van der Waals surface area contributed by atoms with Crippen LogP contribution in [0.2, 0.25) is 0 Å². The minimum Gasteiger partial charge on any atom is -0.345 e. The SMILES string of the molecule is CC(NC(=O)Cc1ccncc1)C(=O)NC(C=O)C(C)C. The Balaban J connectivity index is 2.48. The second kappa shape index (κ2) is 8.14. The quantitative estimate of drug-likeness (QED) is 0.715. The molecular formula is C15H21N3O3. The maximum atomic E-state index is 11.9. The van der Waals surface area contributed by atoms with Gasteiger partial charge in [0.1, 0.15) is 12.3 Å². The minimum atomic E-state index is -0.694. The lowest BCUT2D eigenvalue weighted by Crippen LogP contribution is -2.50. The van der Waals surface area contributed by atoms with E-state index in [2.05, 4.69) is 15.6 Å². The topological polar surface area (TPSA) is 88.2 Å². The Hall–Kier alpha value is -2.24. The molecule has 0 saturated carbocycles. The van der Waals surface area contributed by atoms with E-state index in [4.69, 9.17) is 0 Å². The summed E-state index contributed by atoms with van der Waals surface area (Å²) in [4.78, 5) is 38.5. The molecule has 0 bridgehead atoms. The normalized spacial score (nSPS) is 13.3. The largest absolute Gasteiger partial charge is 0.345 e. The molecular weight excluding hydrogens is 270 g/mol. The molecule has 2 amide bonds. The van der Waals surface area contributed by atoms with Gasteiger partial charge in [-0.05, 0) is 30.5 Å². The van der Waals surface area contributed by atoms with Gasteiger partial charge in [-0.15, -0.1) is 0 Å². The molecule has 6 heteroatoms. The molecule has 0 aromatic carbocycles. The molecule has 1 heterocycles. The number of pyridine rings is 1. The number of aldehydes is 1. The first-order valence-corrected chi connectivity index (χ1v) is 6.88. The highest BCUT2D eigenvalue weighted by atomic mass is 16.2. The van der Waals surface area contributed by atoms with Gasteiger partial charge >= 0.3 is 0 Å². The van der Waals surface area contributed by atoms with E-state index in [1.54, 1.807) is 31.5 Å². The first-order valence-electron chi connectivity index (χ1n) is 6.88. The van der Waals surface area contributed by atoms with Crippen LogP contribution >= 0.6 is 0 Å². The van der Waals surface area contributed by atoms with Gasteiger partial charge in [-0.2, -0.15) is 0 Å². The van der Waals surface area contributed by atoms with E-state index in [1.807, 2.05) is 13.8 Å². The fourth-order valence-electron chi connectivity index (χ4n) is 1.69. The Bertz CT molecular complexity index is 488. The lowest BCUT2D eigenvalue weighted by molar-refractivity contribution is -0.129. The zero-order valence-corrected chi connectivity index (χ0v) is 12.5. The molecule has 2 N–H and O–H groups in total. The van der Waals surface area contributed by atoms with E-state index in [-0.39, 0.29) is 24.2 Å². The third-order valence-corrected chi connectivity index (χ3v) is 3.06. The van der Waals surface area contributed by atoms with Gasteiger partial charge in [0.25, 0.3) is 0 Å². The molecule has 0 aliphatic rings. The number of amides is 2. The number of hydrogen-bond donors (Lipinski definition) is 2. The Morgan fingerprint density at radius 3 is 2.33 bits per heavy atom. The van der Waals surface area contributed by atoms with Crippen LogP contribution in [0, 0.1) is 5.92 Å². The van der Waals surface area contributed by atoms with Crippen LogP contribution in [0.25, 0.3) is 0 Å².